The quantitative estimate of drug-likeness (QED) is 0.726. The maximum absolute atomic E-state index is 12.2. The summed E-state index contributed by atoms with van der Waals surface area (Å²) in [6, 6.07) is 10.8. The number of nitrogens with zero attached hydrogens (tertiary/aromatic N) is 1. The number of rotatable bonds is 4. The largest absolute Gasteiger partial charge is 0.342 e. The number of hydrogen-bond acceptors (Lipinski definition) is 4. The standard InChI is InChI=1S/C16H15N3O2S/c1-9(15-18-11-5-3-4-6-12(11)19-15)17-16(21)14-8-7-13(22-14)10(2)20/h3-9H,1-2H3,(H,17,21)(H,18,19). The van der Waals surface area contributed by atoms with Crippen LogP contribution in [0.3, 0.4) is 0 Å². The maximum Gasteiger partial charge on any atom is 0.261 e. The first kappa shape index (κ1) is 14.5. The second-order valence-electron chi connectivity index (χ2n) is 5.05. The molecule has 0 fully saturated rings. The third-order valence-corrected chi connectivity index (χ3v) is 4.53. The first-order valence-electron chi connectivity index (χ1n) is 6.91. The normalized spacial score (nSPS) is 12.3. The van der Waals surface area contributed by atoms with E-state index >= 15 is 0 Å². The lowest BCUT2D eigenvalue weighted by molar-refractivity contribution is 0.0942. The zero-order valence-corrected chi connectivity index (χ0v) is 13.0. The van der Waals surface area contributed by atoms with E-state index in [0.29, 0.717) is 15.6 Å². The SMILES string of the molecule is CC(=O)c1ccc(C(=O)NC(C)c2nc3ccccc3[nH]2)s1. The lowest BCUT2D eigenvalue weighted by Crippen LogP contribution is -2.26. The van der Waals surface area contributed by atoms with E-state index in [2.05, 4.69) is 15.3 Å². The van der Waals surface area contributed by atoms with Gasteiger partial charge < -0.3 is 10.3 Å². The Bertz CT molecular complexity index is 817. The molecule has 2 heterocycles. The Hall–Kier alpha value is -2.47. The number of imidazole rings is 1. The maximum atomic E-state index is 12.2. The number of nitrogens with one attached hydrogen (secondary N) is 2. The smallest absolute Gasteiger partial charge is 0.261 e. The average molecular weight is 313 g/mol. The molecule has 3 rings (SSSR count). The van der Waals surface area contributed by atoms with Gasteiger partial charge in [0.1, 0.15) is 5.82 Å². The summed E-state index contributed by atoms with van der Waals surface area (Å²) in [7, 11) is 0. The molecule has 1 atom stereocenters. The second-order valence-corrected chi connectivity index (χ2v) is 6.14. The van der Waals surface area contributed by atoms with Gasteiger partial charge in [0.25, 0.3) is 5.91 Å². The molecule has 3 aromatic rings. The highest BCUT2D eigenvalue weighted by Crippen LogP contribution is 2.19. The molecule has 112 valence electrons. The number of H-pyrrole nitrogens is 1. The number of fused-ring (bicyclic) bond motifs is 1. The lowest BCUT2D eigenvalue weighted by atomic mass is 10.3. The van der Waals surface area contributed by atoms with Crippen molar-refractivity contribution in [3.63, 3.8) is 0 Å². The van der Waals surface area contributed by atoms with Crippen molar-refractivity contribution in [2.75, 3.05) is 0 Å². The molecule has 5 nitrogen and oxygen atoms in total. The molecule has 1 aromatic carbocycles. The van der Waals surface area contributed by atoms with Crippen molar-refractivity contribution in [3.8, 4) is 0 Å². The summed E-state index contributed by atoms with van der Waals surface area (Å²) in [5.74, 6) is 0.470. The number of Topliss-reactive ketones (excluding diaryl/α,β-unsaturated/α-hetero) is 1. The molecular weight excluding hydrogens is 298 g/mol. The van der Waals surface area contributed by atoms with E-state index in [1.165, 1.54) is 18.3 Å². The Morgan fingerprint density at radius 3 is 2.59 bits per heavy atom. The highest BCUT2D eigenvalue weighted by Gasteiger charge is 2.16. The van der Waals surface area contributed by atoms with E-state index in [9.17, 15) is 9.59 Å². The number of carbonyl (C=O) groups excluding carboxylic acids is 2. The van der Waals surface area contributed by atoms with Crippen LogP contribution in [-0.4, -0.2) is 21.7 Å². The van der Waals surface area contributed by atoms with Crippen LogP contribution in [0.4, 0.5) is 0 Å². The van der Waals surface area contributed by atoms with Gasteiger partial charge in [-0.15, -0.1) is 11.3 Å². The molecule has 22 heavy (non-hydrogen) atoms. The van der Waals surface area contributed by atoms with Crippen molar-refractivity contribution in [1.82, 2.24) is 15.3 Å². The number of para-hydroxylation sites is 2. The fraction of sp³-hybridized carbons (Fsp3) is 0.188. The summed E-state index contributed by atoms with van der Waals surface area (Å²) < 4.78 is 0. The predicted octanol–water partition coefficient (Wildman–Crippen LogP) is 3.32. The molecule has 2 N–H and O–H groups in total. The summed E-state index contributed by atoms with van der Waals surface area (Å²) in [6.07, 6.45) is 0. The molecule has 0 saturated carbocycles. The van der Waals surface area contributed by atoms with Crippen LogP contribution in [0.25, 0.3) is 11.0 Å². The molecule has 0 aliphatic rings. The van der Waals surface area contributed by atoms with Gasteiger partial charge in [0, 0.05) is 0 Å². The molecule has 0 aliphatic heterocycles. The van der Waals surface area contributed by atoms with E-state index in [-0.39, 0.29) is 17.7 Å². The van der Waals surface area contributed by atoms with Crippen molar-refractivity contribution in [2.24, 2.45) is 0 Å². The average Bonchev–Trinajstić information content (AvgIpc) is 3.14. The highest BCUT2D eigenvalue weighted by molar-refractivity contribution is 7.15. The van der Waals surface area contributed by atoms with E-state index in [1.54, 1.807) is 12.1 Å². The van der Waals surface area contributed by atoms with Crippen molar-refractivity contribution in [1.29, 1.82) is 0 Å². The monoisotopic (exact) mass is 313 g/mol. The molecule has 0 spiro atoms. The fourth-order valence-corrected chi connectivity index (χ4v) is 2.97. The number of aromatic amines is 1. The summed E-state index contributed by atoms with van der Waals surface area (Å²) in [5.41, 5.74) is 1.81. The Morgan fingerprint density at radius 1 is 1.18 bits per heavy atom. The number of aromatic nitrogens is 2. The Labute approximate surface area is 131 Å². The molecule has 2 aromatic heterocycles. The van der Waals surface area contributed by atoms with Crippen molar-refractivity contribution < 1.29 is 9.59 Å². The fourth-order valence-electron chi connectivity index (χ4n) is 2.16. The van der Waals surface area contributed by atoms with E-state index < -0.39 is 0 Å². The Kier molecular flexibility index (Phi) is 3.77. The minimum absolute atomic E-state index is 0.0330. The van der Waals surface area contributed by atoms with Crippen LogP contribution in [0.5, 0.6) is 0 Å². The van der Waals surface area contributed by atoms with Gasteiger partial charge in [0.05, 0.1) is 26.8 Å². The number of hydrogen-bond donors (Lipinski definition) is 2. The van der Waals surface area contributed by atoms with Crippen LogP contribution in [-0.2, 0) is 0 Å². The van der Waals surface area contributed by atoms with Crippen molar-refractivity contribution in [3.05, 3.63) is 52.0 Å². The molecule has 0 saturated heterocycles. The number of carbonyl (C=O) groups is 2. The summed E-state index contributed by atoms with van der Waals surface area (Å²) in [6.45, 7) is 3.36. The van der Waals surface area contributed by atoms with Gasteiger partial charge in [-0.2, -0.15) is 0 Å². The van der Waals surface area contributed by atoms with Crippen molar-refractivity contribution in [2.45, 2.75) is 19.9 Å². The first-order valence-corrected chi connectivity index (χ1v) is 7.72. The number of benzene rings is 1. The second kappa shape index (κ2) is 5.73. The van der Waals surface area contributed by atoms with Crippen LogP contribution in [0.1, 0.15) is 45.1 Å². The van der Waals surface area contributed by atoms with Gasteiger partial charge in [-0.25, -0.2) is 4.98 Å². The Morgan fingerprint density at radius 2 is 1.91 bits per heavy atom. The van der Waals surface area contributed by atoms with Gasteiger partial charge in [0.15, 0.2) is 5.78 Å². The third-order valence-electron chi connectivity index (χ3n) is 3.34. The van der Waals surface area contributed by atoms with E-state index in [0.717, 1.165) is 11.0 Å². The molecule has 1 amide bonds. The molecule has 6 heteroatoms. The molecule has 0 aliphatic carbocycles. The van der Waals surface area contributed by atoms with Gasteiger partial charge in [-0.05, 0) is 38.1 Å². The molecule has 1 unspecified atom stereocenters. The number of thiophene rings is 1. The highest BCUT2D eigenvalue weighted by atomic mass is 32.1. The van der Waals surface area contributed by atoms with Gasteiger partial charge in [-0.3, -0.25) is 9.59 Å². The third kappa shape index (κ3) is 2.78. The van der Waals surface area contributed by atoms with Crippen LogP contribution < -0.4 is 5.32 Å². The molecular formula is C16H15N3O2S. The van der Waals surface area contributed by atoms with Crippen LogP contribution in [0, 0.1) is 0 Å². The summed E-state index contributed by atoms with van der Waals surface area (Å²) in [4.78, 5) is 32.3. The van der Waals surface area contributed by atoms with Crippen LogP contribution >= 0.6 is 11.3 Å². The first-order chi connectivity index (χ1) is 10.5. The molecule has 0 radical (unpaired) electrons. The number of ketones is 1. The van der Waals surface area contributed by atoms with Gasteiger partial charge in [-0.1, -0.05) is 12.1 Å². The zero-order chi connectivity index (χ0) is 15.7. The van der Waals surface area contributed by atoms with Gasteiger partial charge in [0.2, 0.25) is 0 Å². The predicted molar refractivity (Wildman–Crippen MR) is 86.3 cm³/mol. The summed E-state index contributed by atoms with van der Waals surface area (Å²) in [5, 5.41) is 2.89. The number of amides is 1. The minimum Gasteiger partial charge on any atom is -0.342 e. The van der Waals surface area contributed by atoms with Crippen LogP contribution in [0.15, 0.2) is 36.4 Å². The van der Waals surface area contributed by atoms with Crippen LogP contribution in [0.2, 0.25) is 0 Å². The minimum atomic E-state index is -0.247. The molecule has 0 bridgehead atoms. The van der Waals surface area contributed by atoms with Crippen molar-refractivity contribution >= 4 is 34.1 Å². The van der Waals surface area contributed by atoms with E-state index in [4.69, 9.17) is 0 Å². The summed E-state index contributed by atoms with van der Waals surface area (Å²) >= 11 is 1.20. The topological polar surface area (TPSA) is 74.8 Å². The van der Waals surface area contributed by atoms with E-state index in [1.807, 2.05) is 31.2 Å². The Balaban J connectivity index is 1.76. The van der Waals surface area contributed by atoms with Gasteiger partial charge >= 0.3 is 0 Å². The zero-order valence-electron chi connectivity index (χ0n) is 12.2. The lowest BCUT2D eigenvalue weighted by Gasteiger charge is -2.10.